The van der Waals surface area contributed by atoms with Crippen LogP contribution in [0.5, 0.6) is 5.75 Å². The van der Waals surface area contributed by atoms with Crippen LogP contribution in [0.4, 0.5) is 4.39 Å². The van der Waals surface area contributed by atoms with E-state index >= 15 is 0 Å². The molecule has 3 heteroatoms. The molecule has 0 amide bonds. The predicted molar refractivity (Wildman–Crippen MR) is 75.8 cm³/mol. The molecule has 0 unspecified atom stereocenters. The normalized spacial score (nSPS) is 16.2. The number of hydrogen-bond acceptors (Lipinski definition) is 2. The minimum Gasteiger partial charge on any atom is -0.493 e. The van der Waals surface area contributed by atoms with Crippen LogP contribution in [-0.2, 0) is 6.54 Å². The van der Waals surface area contributed by atoms with E-state index in [1.807, 2.05) is 0 Å². The lowest BCUT2D eigenvalue weighted by molar-refractivity contribution is 0.249. The minimum absolute atomic E-state index is 0.200. The van der Waals surface area contributed by atoms with Crippen molar-refractivity contribution < 1.29 is 9.13 Å². The standard InChI is InChI=1S/C16H24FNO/c1-12(2)18-10-14-9-15(17)7-8-16(14)19-11-13-5-3-4-6-13/h7-9,12-13,18H,3-6,10-11H2,1-2H3. The molecule has 0 bridgehead atoms. The van der Waals surface area contributed by atoms with Gasteiger partial charge in [-0.3, -0.25) is 0 Å². The van der Waals surface area contributed by atoms with Gasteiger partial charge in [0.1, 0.15) is 11.6 Å². The first-order valence-electron chi connectivity index (χ1n) is 7.30. The van der Waals surface area contributed by atoms with E-state index in [1.54, 1.807) is 12.1 Å². The number of rotatable bonds is 6. The summed E-state index contributed by atoms with van der Waals surface area (Å²) in [4.78, 5) is 0. The molecule has 2 rings (SSSR count). The molecular weight excluding hydrogens is 241 g/mol. The van der Waals surface area contributed by atoms with E-state index in [2.05, 4.69) is 19.2 Å². The Labute approximate surface area is 115 Å². The molecular formula is C16H24FNO. The third kappa shape index (κ3) is 4.50. The molecule has 0 saturated heterocycles. The van der Waals surface area contributed by atoms with Crippen molar-refractivity contribution in [3.63, 3.8) is 0 Å². The summed E-state index contributed by atoms with van der Waals surface area (Å²) in [6.07, 6.45) is 5.17. The second-order valence-electron chi connectivity index (χ2n) is 5.75. The van der Waals surface area contributed by atoms with Crippen LogP contribution in [0, 0.1) is 11.7 Å². The summed E-state index contributed by atoms with van der Waals surface area (Å²) in [5, 5.41) is 3.31. The van der Waals surface area contributed by atoms with Crippen molar-refractivity contribution in [3.05, 3.63) is 29.6 Å². The summed E-state index contributed by atoms with van der Waals surface area (Å²) in [6, 6.07) is 5.18. The second kappa shape index (κ2) is 6.90. The SMILES string of the molecule is CC(C)NCc1cc(F)ccc1OCC1CCCC1. The number of benzene rings is 1. The smallest absolute Gasteiger partial charge is 0.123 e. The number of hydrogen-bond donors (Lipinski definition) is 1. The summed E-state index contributed by atoms with van der Waals surface area (Å²) in [5.41, 5.74) is 0.909. The fourth-order valence-corrected chi connectivity index (χ4v) is 2.53. The fourth-order valence-electron chi connectivity index (χ4n) is 2.53. The van der Waals surface area contributed by atoms with Crippen LogP contribution in [-0.4, -0.2) is 12.6 Å². The van der Waals surface area contributed by atoms with Crippen molar-refractivity contribution in [3.8, 4) is 5.75 Å². The fraction of sp³-hybridized carbons (Fsp3) is 0.625. The number of ether oxygens (including phenoxy) is 1. The molecule has 106 valence electrons. The van der Waals surface area contributed by atoms with E-state index in [0.717, 1.165) is 17.9 Å². The Bertz CT molecular complexity index is 400. The Morgan fingerprint density at radius 2 is 2.05 bits per heavy atom. The molecule has 0 spiro atoms. The van der Waals surface area contributed by atoms with E-state index in [0.29, 0.717) is 18.5 Å². The maximum Gasteiger partial charge on any atom is 0.123 e. The maximum atomic E-state index is 13.3. The van der Waals surface area contributed by atoms with E-state index in [1.165, 1.54) is 31.7 Å². The molecule has 0 heterocycles. The molecule has 2 nitrogen and oxygen atoms in total. The van der Waals surface area contributed by atoms with Crippen LogP contribution in [0.25, 0.3) is 0 Å². The zero-order chi connectivity index (χ0) is 13.7. The van der Waals surface area contributed by atoms with Gasteiger partial charge in [0.2, 0.25) is 0 Å². The van der Waals surface area contributed by atoms with Crippen LogP contribution < -0.4 is 10.1 Å². The predicted octanol–water partition coefficient (Wildman–Crippen LogP) is 3.89. The van der Waals surface area contributed by atoms with E-state index < -0.39 is 0 Å². The Balaban J connectivity index is 1.96. The van der Waals surface area contributed by atoms with E-state index in [4.69, 9.17) is 4.74 Å². The monoisotopic (exact) mass is 265 g/mol. The highest BCUT2D eigenvalue weighted by molar-refractivity contribution is 5.34. The van der Waals surface area contributed by atoms with E-state index in [-0.39, 0.29) is 5.82 Å². The lowest BCUT2D eigenvalue weighted by atomic mass is 10.1. The first-order chi connectivity index (χ1) is 9.15. The van der Waals surface area contributed by atoms with Crippen LogP contribution in [0.2, 0.25) is 0 Å². The summed E-state index contributed by atoms with van der Waals surface area (Å²) in [6.45, 7) is 5.58. The molecule has 0 atom stereocenters. The second-order valence-corrected chi connectivity index (χ2v) is 5.75. The van der Waals surface area contributed by atoms with Gasteiger partial charge in [0.15, 0.2) is 0 Å². The van der Waals surface area contributed by atoms with Gasteiger partial charge in [-0.05, 0) is 37.0 Å². The van der Waals surface area contributed by atoms with Crippen molar-refractivity contribution in [1.82, 2.24) is 5.32 Å². The van der Waals surface area contributed by atoms with Crippen molar-refractivity contribution in [2.24, 2.45) is 5.92 Å². The molecule has 19 heavy (non-hydrogen) atoms. The summed E-state index contributed by atoms with van der Waals surface area (Å²) < 4.78 is 19.2. The summed E-state index contributed by atoms with van der Waals surface area (Å²) in [7, 11) is 0. The average molecular weight is 265 g/mol. The average Bonchev–Trinajstić information content (AvgIpc) is 2.88. The van der Waals surface area contributed by atoms with Crippen molar-refractivity contribution >= 4 is 0 Å². The first kappa shape index (κ1) is 14.3. The van der Waals surface area contributed by atoms with Crippen molar-refractivity contribution in [1.29, 1.82) is 0 Å². The molecule has 1 N–H and O–H groups in total. The number of halogens is 1. The molecule has 1 aromatic carbocycles. The van der Waals surface area contributed by atoms with Crippen molar-refractivity contribution in [2.45, 2.75) is 52.1 Å². The van der Waals surface area contributed by atoms with Gasteiger partial charge in [0, 0.05) is 18.2 Å². The lowest BCUT2D eigenvalue weighted by Gasteiger charge is -2.16. The topological polar surface area (TPSA) is 21.3 Å². The molecule has 1 aromatic rings. The number of nitrogens with one attached hydrogen (secondary N) is 1. The van der Waals surface area contributed by atoms with Gasteiger partial charge in [0.25, 0.3) is 0 Å². The minimum atomic E-state index is -0.200. The summed E-state index contributed by atoms with van der Waals surface area (Å²) >= 11 is 0. The van der Waals surface area contributed by atoms with Gasteiger partial charge in [-0.25, -0.2) is 4.39 Å². The molecule has 1 aliphatic carbocycles. The maximum absolute atomic E-state index is 13.3. The molecule has 0 aliphatic heterocycles. The third-order valence-corrected chi connectivity index (χ3v) is 3.67. The van der Waals surface area contributed by atoms with Crippen LogP contribution in [0.1, 0.15) is 45.1 Å². The highest BCUT2D eigenvalue weighted by atomic mass is 19.1. The Kier molecular flexibility index (Phi) is 5.20. The Morgan fingerprint density at radius 1 is 1.32 bits per heavy atom. The zero-order valence-electron chi connectivity index (χ0n) is 11.9. The van der Waals surface area contributed by atoms with Gasteiger partial charge in [-0.2, -0.15) is 0 Å². The van der Waals surface area contributed by atoms with Gasteiger partial charge in [-0.15, -0.1) is 0 Å². The highest BCUT2D eigenvalue weighted by Gasteiger charge is 2.16. The van der Waals surface area contributed by atoms with Gasteiger partial charge < -0.3 is 10.1 Å². The van der Waals surface area contributed by atoms with Crippen LogP contribution in [0.3, 0.4) is 0 Å². The Hall–Kier alpha value is -1.09. The quantitative estimate of drug-likeness (QED) is 0.842. The van der Waals surface area contributed by atoms with E-state index in [9.17, 15) is 4.39 Å². The van der Waals surface area contributed by atoms with Gasteiger partial charge in [-0.1, -0.05) is 26.7 Å². The summed E-state index contributed by atoms with van der Waals surface area (Å²) in [5.74, 6) is 1.30. The Morgan fingerprint density at radius 3 is 2.74 bits per heavy atom. The molecule has 0 radical (unpaired) electrons. The third-order valence-electron chi connectivity index (χ3n) is 3.67. The lowest BCUT2D eigenvalue weighted by Crippen LogP contribution is -2.22. The largest absolute Gasteiger partial charge is 0.493 e. The van der Waals surface area contributed by atoms with Crippen molar-refractivity contribution in [2.75, 3.05) is 6.61 Å². The highest BCUT2D eigenvalue weighted by Crippen LogP contribution is 2.27. The zero-order valence-corrected chi connectivity index (χ0v) is 11.9. The van der Waals surface area contributed by atoms with Crippen LogP contribution in [0.15, 0.2) is 18.2 Å². The van der Waals surface area contributed by atoms with Gasteiger partial charge >= 0.3 is 0 Å². The first-order valence-corrected chi connectivity index (χ1v) is 7.30. The van der Waals surface area contributed by atoms with Gasteiger partial charge in [0.05, 0.1) is 6.61 Å². The molecule has 1 saturated carbocycles. The molecule has 1 fully saturated rings. The van der Waals surface area contributed by atoms with Crippen LogP contribution >= 0.6 is 0 Å². The molecule has 0 aromatic heterocycles. The molecule has 1 aliphatic rings.